The van der Waals surface area contributed by atoms with Crippen LogP contribution in [0.15, 0.2) is 23.9 Å². The first-order chi connectivity index (χ1) is 9.56. The second kappa shape index (κ2) is 5.82. The second-order valence-electron chi connectivity index (χ2n) is 5.26. The van der Waals surface area contributed by atoms with Gasteiger partial charge in [-0.2, -0.15) is 13.2 Å². The molecule has 0 fully saturated rings. The summed E-state index contributed by atoms with van der Waals surface area (Å²) in [5, 5.41) is 5.59. The predicted octanol–water partition coefficient (Wildman–Crippen LogP) is 1.41. The van der Waals surface area contributed by atoms with Crippen LogP contribution in [0.2, 0.25) is 0 Å². The monoisotopic (exact) mass is 301 g/mol. The van der Waals surface area contributed by atoms with Gasteiger partial charge in [-0.25, -0.2) is 0 Å². The van der Waals surface area contributed by atoms with Crippen LogP contribution in [-0.2, 0) is 4.79 Å². The van der Waals surface area contributed by atoms with Crippen LogP contribution in [0.1, 0.15) is 20.3 Å². The minimum Gasteiger partial charge on any atom is -0.368 e. The van der Waals surface area contributed by atoms with Gasteiger partial charge in [0.05, 0.1) is 17.4 Å². The summed E-state index contributed by atoms with van der Waals surface area (Å²) >= 11 is 0. The molecule has 4 nitrogen and oxygen atoms in total. The third-order valence-corrected chi connectivity index (χ3v) is 3.43. The molecule has 0 bridgehead atoms. The molecule has 7 heteroatoms. The standard InChI is InChI=1S/C14H18F3N3O/c1-4-12(2,3)14(20-9-7-13(15,16)17)10(11(18)21)6-5-8-19-14/h1,5-6,8,19-20H,7,9H2,2-3H3,(H2,18,21). The van der Waals surface area contributed by atoms with Crippen molar-refractivity contribution in [3.63, 3.8) is 0 Å². The first-order valence-electron chi connectivity index (χ1n) is 6.30. The SMILES string of the molecule is C#CC(C)(C)C1(NCCC(F)(F)F)NC=CC=C1C(N)=O. The first-order valence-corrected chi connectivity index (χ1v) is 6.30. The maximum atomic E-state index is 12.3. The van der Waals surface area contributed by atoms with Gasteiger partial charge in [0.25, 0.3) is 0 Å². The summed E-state index contributed by atoms with van der Waals surface area (Å²) in [5.74, 6) is 1.74. The van der Waals surface area contributed by atoms with Crippen LogP contribution in [0, 0.1) is 17.8 Å². The highest BCUT2D eigenvalue weighted by molar-refractivity contribution is 5.95. The van der Waals surface area contributed by atoms with Crippen LogP contribution < -0.4 is 16.4 Å². The number of dihydropyridines is 1. The maximum Gasteiger partial charge on any atom is 0.390 e. The van der Waals surface area contributed by atoms with E-state index in [9.17, 15) is 18.0 Å². The van der Waals surface area contributed by atoms with Crippen LogP contribution in [0.3, 0.4) is 0 Å². The fourth-order valence-corrected chi connectivity index (χ4v) is 2.17. The Bertz CT molecular complexity index is 515. The Morgan fingerprint density at radius 2 is 2.14 bits per heavy atom. The van der Waals surface area contributed by atoms with Crippen molar-refractivity contribution < 1.29 is 18.0 Å². The largest absolute Gasteiger partial charge is 0.390 e. The zero-order valence-electron chi connectivity index (χ0n) is 11.8. The van der Waals surface area contributed by atoms with Gasteiger partial charge in [-0.05, 0) is 32.2 Å². The van der Waals surface area contributed by atoms with Gasteiger partial charge in [0.2, 0.25) is 5.91 Å². The maximum absolute atomic E-state index is 12.3. The molecule has 1 aliphatic heterocycles. The highest BCUT2D eigenvalue weighted by Crippen LogP contribution is 2.36. The molecular weight excluding hydrogens is 283 g/mol. The Kier molecular flexibility index (Phi) is 4.74. The van der Waals surface area contributed by atoms with E-state index in [0.717, 1.165) is 0 Å². The van der Waals surface area contributed by atoms with E-state index in [2.05, 4.69) is 16.6 Å². The van der Waals surface area contributed by atoms with Gasteiger partial charge in [-0.1, -0.05) is 5.92 Å². The van der Waals surface area contributed by atoms with Gasteiger partial charge < -0.3 is 11.1 Å². The third-order valence-electron chi connectivity index (χ3n) is 3.43. The Hall–Kier alpha value is -1.94. The molecule has 0 aliphatic carbocycles. The predicted molar refractivity (Wildman–Crippen MR) is 73.6 cm³/mol. The van der Waals surface area contributed by atoms with E-state index < -0.39 is 36.1 Å². The molecule has 0 spiro atoms. The highest BCUT2D eigenvalue weighted by Gasteiger charge is 2.49. The summed E-state index contributed by atoms with van der Waals surface area (Å²) in [6.07, 6.45) is 4.61. The van der Waals surface area contributed by atoms with Crippen LogP contribution in [0.25, 0.3) is 0 Å². The average molecular weight is 301 g/mol. The lowest BCUT2D eigenvalue weighted by Gasteiger charge is -2.46. The van der Waals surface area contributed by atoms with Gasteiger partial charge in [-0.15, -0.1) is 6.42 Å². The van der Waals surface area contributed by atoms with Gasteiger partial charge in [-0.3, -0.25) is 10.1 Å². The lowest BCUT2D eigenvalue weighted by Crippen LogP contribution is -2.67. The van der Waals surface area contributed by atoms with Crippen molar-refractivity contribution in [2.24, 2.45) is 11.1 Å². The van der Waals surface area contributed by atoms with E-state index in [1.165, 1.54) is 18.4 Å². The van der Waals surface area contributed by atoms with Crippen LogP contribution in [-0.4, -0.2) is 24.3 Å². The number of carbonyl (C=O) groups is 1. The van der Waals surface area contributed by atoms with Gasteiger partial charge in [0.15, 0.2) is 0 Å². The number of carbonyl (C=O) groups excluding carboxylic acids is 1. The number of terminal acetylenes is 1. The van der Waals surface area contributed by atoms with Gasteiger partial charge in [0.1, 0.15) is 5.66 Å². The molecule has 1 rings (SSSR count). The van der Waals surface area contributed by atoms with E-state index in [1.807, 2.05) is 0 Å². The number of primary amides is 1. The van der Waals surface area contributed by atoms with E-state index in [0.29, 0.717) is 0 Å². The topological polar surface area (TPSA) is 67.2 Å². The number of rotatable bonds is 5. The molecule has 0 aromatic rings. The summed E-state index contributed by atoms with van der Waals surface area (Å²) in [6.45, 7) is 2.87. The molecule has 4 N–H and O–H groups in total. The van der Waals surface area contributed by atoms with Gasteiger partial charge >= 0.3 is 6.18 Å². The molecule has 0 aromatic heterocycles. The minimum atomic E-state index is -4.31. The van der Waals surface area contributed by atoms with Crippen molar-refractivity contribution in [1.29, 1.82) is 0 Å². The third kappa shape index (κ3) is 3.58. The van der Waals surface area contributed by atoms with Crippen molar-refractivity contribution in [3.05, 3.63) is 23.9 Å². The number of allylic oxidation sites excluding steroid dienone is 2. The molecule has 0 radical (unpaired) electrons. The molecule has 21 heavy (non-hydrogen) atoms. The number of nitrogens with one attached hydrogen (secondary N) is 2. The lowest BCUT2D eigenvalue weighted by atomic mass is 9.73. The zero-order valence-corrected chi connectivity index (χ0v) is 11.8. The van der Waals surface area contributed by atoms with Crippen molar-refractivity contribution in [1.82, 2.24) is 10.6 Å². The van der Waals surface area contributed by atoms with Crippen LogP contribution in [0.4, 0.5) is 13.2 Å². The van der Waals surface area contributed by atoms with Crippen LogP contribution >= 0.6 is 0 Å². The fraction of sp³-hybridized carbons (Fsp3) is 0.500. The minimum absolute atomic E-state index is 0.0927. The Labute approximate surface area is 121 Å². The first kappa shape index (κ1) is 17.1. The number of amides is 1. The molecule has 1 atom stereocenters. The molecule has 116 valence electrons. The Balaban J connectivity index is 3.14. The summed E-state index contributed by atoms with van der Waals surface area (Å²) in [7, 11) is 0. The Morgan fingerprint density at radius 3 is 2.62 bits per heavy atom. The second-order valence-corrected chi connectivity index (χ2v) is 5.26. The molecule has 1 heterocycles. The van der Waals surface area contributed by atoms with E-state index in [1.54, 1.807) is 13.8 Å². The molecule has 1 amide bonds. The molecule has 0 aromatic carbocycles. The zero-order chi connectivity index (χ0) is 16.3. The Morgan fingerprint density at radius 1 is 1.52 bits per heavy atom. The quantitative estimate of drug-likeness (QED) is 0.673. The number of halogens is 3. The lowest BCUT2D eigenvalue weighted by molar-refractivity contribution is -0.134. The van der Waals surface area contributed by atoms with Crippen molar-refractivity contribution >= 4 is 5.91 Å². The average Bonchev–Trinajstić information content (AvgIpc) is 2.37. The summed E-state index contributed by atoms with van der Waals surface area (Å²) in [6, 6.07) is 0. The fourth-order valence-electron chi connectivity index (χ4n) is 2.17. The number of alkyl halides is 3. The summed E-state index contributed by atoms with van der Waals surface area (Å²) in [5.41, 5.74) is 3.08. The smallest absolute Gasteiger partial charge is 0.368 e. The summed E-state index contributed by atoms with van der Waals surface area (Å²) in [4.78, 5) is 11.6. The number of hydrogen-bond donors (Lipinski definition) is 3. The molecular formula is C14H18F3N3O. The van der Waals surface area contributed by atoms with E-state index in [-0.39, 0.29) is 5.57 Å². The van der Waals surface area contributed by atoms with Gasteiger partial charge in [0, 0.05) is 6.54 Å². The molecule has 1 aliphatic rings. The van der Waals surface area contributed by atoms with E-state index in [4.69, 9.17) is 12.2 Å². The van der Waals surface area contributed by atoms with Crippen molar-refractivity contribution in [3.8, 4) is 12.3 Å². The number of hydrogen-bond acceptors (Lipinski definition) is 3. The highest BCUT2D eigenvalue weighted by atomic mass is 19.4. The van der Waals surface area contributed by atoms with Crippen molar-refractivity contribution in [2.45, 2.75) is 32.1 Å². The molecule has 0 saturated carbocycles. The normalized spacial score (nSPS) is 22.2. The van der Waals surface area contributed by atoms with E-state index >= 15 is 0 Å². The summed E-state index contributed by atoms with van der Waals surface area (Å²) < 4.78 is 37.0. The van der Waals surface area contributed by atoms with Crippen molar-refractivity contribution in [2.75, 3.05) is 6.54 Å². The molecule has 1 unspecified atom stereocenters. The van der Waals surface area contributed by atoms with Crippen LogP contribution in [0.5, 0.6) is 0 Å². The molecule has 0 saturated heterocycles. The number of nitrogens with two attached hydrogens (primary N) is 1.